The molecule has 1 saturated heterocycles. The average molecular weight is 254 g/mol. The molecule has 2 aliphatic rings. The van der Waals surface area contributed by atoms with Crippen molar-refractivity contribution in [3.8, 4) is 0 Å². The Kier molecular flexibility index (Phi) is 3.96. The normalized spacial score (nSPS) is 23.4. The average Bonchev–Trinajstić information content (AvgIpc) is 2.83. The summed E-state index contributed by atoms with van der Waals surface area (Å²) in [7, 11) is 0. The van der Waals surface area contributed by atoms with Crippen LogP contribution in [0.4, 0.5) is 0 Å². The van der Waals surface area contributed by atoms with Crippen LogP contribution >= 0.6 is 12.2 Å². The first kappa shape index (κ1) is 13.1. The van der Waals surface area contributed by atoms with Gasteiger partial charge < -0.3 is 9.80 Å². The summed E-state index contributed by atoms with van der Waals surface area (Å²) in [5, 5.41) is 1.12. The molecular weight excluding hydrogens is 228 g/mol. The van der Waals surface area contributed by atoms with Gasteiger partial charge in [-0.2, -0.15) is 0 Å². The smallest absolute Gasteiger partial charge is 0.172 e. The molecule has 2 nitrogen and oxygen atoms in total. The maximum Gasteiger partial charge on any atom is 0.172 e. The summed E-state index contributed by atoms with van der Waals surface area (Å²) in [5.74, 6) is 0. The lowest BCUT2D eigenvalue weighted by Gasteiger charge is -2.37. The van der Waals surface area contributed by atoms with E-state index in [1.807, 2.05) is 0 Å². The molecule has 2 rings (SSSR count). The summed E-state index contributed by atoms with van der Waals surface area (Å²) >= 11 is 5.71. The summed E-state index contributed by atoms with van der Waals surface area (Å²) < 4.78 is 0. The Labute approximate surface area is 111 Å². The van der Waals surface area contributed by atoms with Crippen molar-refractivity contribution >= 4 is 17.3 Å². The molecule has 1 aliphatic heterocycles. The Hall–Kier alpha value is -0.310. The van der Waals surface area contributed by atoms with Gasteiger partial charge in [-0.1, -0.05) is 26.2 Å². The van der Waals surface area contributed by atoms with Gasteiger partial charge >= 0.3 is 0 Å². The van der Waals surface area contributed by atoms with Crippen LogP contribution in [0, 0.1) is 0 Å². The quantitative estimate of drug-likeness (QED) is 0.710. The molecule has 0 atom stereocenters. The number of hydrogen-bond donors (Lipinski definition) is 0. The highest BCUT2D eigenvalue weighted by molar-refractivity contribution is 7.80. The second-order valence-electron chi connectivity index (χ2n) is 5.95. The molecule has 2 fully saturated rings. The third kappa shape index (κ3) is 2.31. The molecule has 0 N–H and O–H groups in total. The number of nitrogens with zero attached hydrogens (tertiary/aromatic N) is 2. The Morgan fingerprint density at radius 2 is 1.94 bits per heavy atom. The van der Waals surface area contributed by atoms with E-state index in [4.69, 9.17) is 12.2 Å². The minimum atomic E-state index is 0.388. The minimum absolute atomic E-state index is 0.388. The van der Waals surface area contributed by atoms with E-state index < -0.39 is 0 Å². The van der Waals surface area contributed by atoms with Crippen LogP contribution in [0.1, 0.15) is 59.3 Å². The first-order chi connectivity index (χ1) is 8.10. The molecule has 1 saturated carbocycles. The highest BCUT2D eigenvalue weighted by atomic mass is 32.1. The van der Waals surface area contributed by atoms with Crippen molar-refractivity contribution < 1.29 is 0 Å². The van der Waals surface area contributed by atoms with E-state index >= 15 is 0 Å². The Bertz CT molecular complexity index is 282. The monoisotopic (exact) mass is 254 g/mol. The topological polar surface area (TPSA) is 6.48 Å². The second kappa shape index (κ2) is 5.13. The van der Waals surface area contributed by atoms with E-state index in [0.29, 0.717) is 11.6 Å². The van der Waals surface area contributed by atoms with Crippen LogP contribution in [0.5, 0.6) is 0 Å². The minimum Gasteiger partial charge on any atom is -0.347 e. The summed E-state index contributed by atoms with van der Waals surface area (Å²) in [6.45, 7) is 9.17. The molecule has 3 heteroatoms. The van der Waals surface area contributed by atoms with Crippen LogP contribution < -0.4 is 0 Å². The van der Waals surface area contributed by atoms with Gasteiger partial charge in [0.25, 0.3) is 0 Å². The lowest BCUT2D eigenvalue weighted by Crippen LogP contribution is -2.48. The summed E-state index contributed by atoms with van der Waals surface area (Å²) in [5.41, 5.74) is 0.388. The molecule has 98 valence electrons. The third-order valence-electron chi connectivity index (χ3n) is 4.31. The fraction of sp³-hybridized carbons (Fsp3) is 0.929. The summed E-state index contributed by atoms with van der Waals surface area (Å²) in [4.78, 5) is 5.01. The summed E-state index contributed by atoms with van der Waals surface area (Å²) in [6.07, 6.45) is 7.97. The van der Waals surface area contributed by atoms with E-state index in [1.165, 1.54) is 45.1 Å². The molecule has 0 bridgehead atoms. The highest BCUT2D eigenvalue weighted by Crippen LogP contribution is 2.42. The van der Waals surface area contributed by atoms with Gasteiger partial charge in [0, 0.05) is 19.1 Å². The van der Waals surface area contributed by atoms with Crippen molar-refractivity contribution in [2.75, 3.05) is 13.1 Å². The lowest BCUT2D eigenvalue weighted by atomic mass is 9.95. The first-order valence-electron chi connectivity index (χ1n) is 7.19. The van der Waals surface area contributed by atoms with Crippen LogP contribution in [-0.2, 0) is 0 Å². The summed E-state index contributed by atoms with van der Waals surface area (Å²) in [6, 6.07) is 0.548. The van der Waals surface area contributed by atoms with Crippen molar-refractivity contribution in [1.82, 2.24) is 9.80 Å². The fourth-order valence-corrected chi connectivity index (χ4v) is 4.14. The second-order valence-corrected chi connectivity index (χ2v) is 6.32. The number of unbranched alkanes of at least 4 members (excludes halogenated alkanes) is 1. The Morgan fingerprint density at radius 3 is 2.47 bits per heavy atom. The van der Waals surface area contributed by atoms with E-state index in [1.54, 1.807) is 0 Å². The van der Waals surface area contributed by atoms with Gasteiger partial charge in [-0.15, -0.1) is 0 Å². The van der Waals surface area contributed by atoms with Gasteiger partial charge in [0.15, 0.2) is 5.11 Å². The van der Waals surface area contributed by atoms with Crippen LogP contribution in [-0.4, -0.2) is 39.6 Å². The number of rotatable bonds is 4. The number of thiocarbonyl (C=S) groups is 1. The van der Waals surface area contributed by atoms with Crippen molar-refractivity contribution in [1.29, 1.82) is 0 Å². The third-order valence-corrected chi connectivity index (χ3v) is 4.76. The van der Waals surface area contributed by atoms with Crippen LogP contribution in [0.2, 0.25) is 0 Å². The predicted octanol–water partition coefficient (Wildman–Crippen LogP) is 3.41. The van der Waals surface area contributed by atoms with Gasteiger partial charge in [0.1, 0.15) is 0 Å². The predicted molar refractivity (Wildman–Crippen MR) is 77.3 cm³/mol. The van der Waals surface area contributed by atoms with E-state index in [9.17, 15) is 0 Å². The zero-order valence-electron chi connectivity index (χ0n) is 11.5. The largest absolute Gasteiger partial charge is 0.347 e. The fourth-order valence-electron chi connectivity index (χ4n) is 3.58. The van der Waals surface area contributed by atoms with Crippen LogP contribution in [0.15, 0.2) is 0 Å². The van der Waals surface area contributed by atoms with Gasteiger partial charge in [-0.25, -0.2) is 0 Å². The standard InChI is InChI=1S/C14H26N2S/c1-4-5-10-15-11-14(8-6-7-9-14)16(12(2)3)13(15)17/h12H,4-11H2,1-3H3. The Morgan fingerprint density at radius 1 is 1.29 bits per heavy atom. The van der Waals surface area contributed by atoms with E-state index in [2.05, 4.69) is 30.6 Å². The van der Waals surface area contributed by atoms with Gasteiger partial charge in [0.05, 0.1) is 5.54 Å². The Balaban J connectivity index is 2.14. The first-order valence-corrected chi connectivity index (χ1v) is 7.60. The van der Waals surface area contributed by atoms with Crippen molar-refractivity contribution in [3.63, 3.8) is 0 Å². The van der Waals surface area contributed by atoms with Gasteiger partial charge in [0.2, 0.25) is 0 Å². The highest BCUT2D eigenvalue weighted by Gasteiger charge is 2.49. The van der Waals surface area contributed by atoms with Crippen LogP contribution in [0.25, 0.3) is 0 Å². The molecule has 17 heavy (non-hydrogen) atoms. The maximum atomic E-state index is 5.71. The molecule has 0 unspecified atom stereocenters. The van der Waals surface area contributed by atoms with E-state index in [0.717, 1.165) is 11.7 Å². The molecule has 1 aliphatic carbocycles. The molecule has 0 aromatic carbocycles. The molecule has 0 amide bonds. The molecule has 0 aromatic heterocycles. The molecule has 0 aromatic rings. The number of hydrogen-bond acceptors (Lipinski definition) is 1. The molecule has 1 spiro atoms. The van der Waals surface area contributed by atoms with Crippen molar-refractivity contribution in [2.24, 2.45) is 0 Å². The maximum absolute atomic E-state index is 5.71. The molecule has 0 radical (unpaired) electrons. The van der Waals surface area contributed by atoms with Gasteiger partial charge in [-0.05, 0) is 45.3 Å². The van der Waals surface area contributed by atoms with Crippen LogP contribution in [0.3, 0.4) is 0 Å². The zero-order valence-corrected chi connectivity index (χ0v) is 12.4. The molecule has 1 heterocycles. The molecular formula is C14H26N2S. The van der Waals surface area contributed by atoms with E-state index in [-0.39, 0.29) is 0 Å². The van der Waals surface area contributed by atoms with Gasteiger partial charge in [-0.3, -0.25) is 0 Å². The zero-order chi connectivity index (χ0) is 12.5. The van der Waals surface area contributed by atoms with Crippen molar-refractivity contribution in [3.05, 3.63) is 0 Å². The van der Waals surface area contributed by atoms with Crippen molar-refractivity contribution in [2.45, 2.75) is 70.9 Å². The lowest BCUT2D eigenvalue weighted by molar-refractivity contribution is 0.172. The SMILES string of the molecule is CCCCN1CC2(CCCC2)N(C(C)C)C1=S.